The zero-order valence-corrected chi connectivity index (χ0v) is 17.0. The van der Waals surface area contributed by atoms with Crippen LogP contribution in [0.3, 0.4) is 0 Å². The van der Waals surface area contributed by atoms with Gasteiger partial charge in [-0.1, -0.05) is 0 Å². The molecule has 2 rings (SSSR count). The van der Waals surface area contributed by atoms with Crippen molar-refractivity contribution in [2.45, 2.75) is 27.7 Å². The largest absolute Gasteiger partial charge is 0.462 e. The molecular formula is C18H19N3O4S2. The Morgan fingerprint density at radius 3 is 2.48 bits per heavy atom. The number of hydrogen-bond donors (Lipinski definition) is 1. The second kappa shape index (κ2) is 9.30. The van der Waals surface area contributed by atoms with Gasteiger partial charge in [-0.2, -0.15) is 5.26 Å². The number of thiophene rings is 1. The van der Waals surface area contributed by atoms with Gasteiger partial charge in [0.1, 0.15) is 26.5 Å². The van der Waals surface area contributed by atoms with Crippen molar-refractivity contribution in [3.8, 4) is 6.07 Å². The summed E-state index contributed by atoms with van der Waals surface area (Å²) in [5, 5.41) is 15.2. The fraction of sp³-hybridized carbons (Fsp3) is 0.333. The van der Waals surface area contributed by atoms with E-state index in [9.17, 15) is 14.9 Å². The smallest absolute Gasteiger partial charge is 0.348 e. The van der Waals surface area contributed by atoms with Gasteiger partial charge >= 0.3 is 11.9 Å². The van der Waals surface area contributed by atoms with Gasteiger partial charge in [-0.15, -0.1) is 22.7 Å². The van der Waals surface area contributed by atoms with Crippen LogP contribution in [0.25, 0.3) is 5.57 Å². The number of nitrogens with one attached hydrogen (secondary N) is 1. The third-order valence-electron chi connectivity index (χ3n) is 3.40. The summed E-state index contributed by atoms with van der Waals surface area (Å²) < 4.78 is 10.2. The summed E-state index contributed by atoms with van der Waals surface area (Å²) >= 11 is 2.44. The van der Waals surface area contributed by atoms with Crippen LogP contribution in [0.4, 0.5) is 5.00 Å². The number of thiazole rings is 1. The van der Waals surface area contributed by atoms with E-state index in [1.807, 2.05) is 12.3 Å². The predicted molar refractivity (Wildman–Crippen MR) is 105 cm³/mol. The Bertz CT molecular complexity index is 922. The van der Waals surface area contributed by atoms with E-state index in [1.54, 1.807) is 20.8 Å². The molecule has 2 heterocycles. The quantitative estimate of drug-likeness (QED) is 0.545. The Balaban J connectivity index is 2.43. The second-order valence-corrected chi connectivity index (χ2v) is 7.19. The SMILES string of the molecule is CCOC(=O)c1sc(N/C=C(\C#N)c2nc(C)cs2)c(C(=O)OCC)c1C. The van der Waals surface area contributed by atoms with E-state index in [1.165, 1.54) is 17.5 Å². The Morgan fingerprint density at radius 2 is 1.93 bits per heavy atom. The highest BCUT2D eigenvalue weighted by molar-refractivity contribution is 7.18. The number of hydrogen-bond acceptors (Lipinski definition) is 9. The molecule has 0 unspecified atom stereocenters. The first-order valence-electron chi connectivity index (χ1n) is 8.19. The van der Waals surface area contributed by atoms with Crippen LogP contribution < -0.4 is 5.32 Å². The van der Waals surface area contributed by atoms with E-state index >= 15 is 0 Å². The Labute approximate surface area is 165 Å². The maximum Gasteiger partial charge on any atom is 0.348 e. The van der Waals surface area contributed by atoms with Crippen LogP contribution >= 0.6 is 22.7 Å². The molecule has 2 aromatic rings. The zero-order valence-electron chi connectivity index (χ0n) is 15.4. The topological polar surface area (TPSA) is 101 Å². The van der Waals surface area contributed by atoms with Crippen LogP contribution in [-0.4, -0.2) is 30.1 Å². The number of allylic oxidation sites excluding steroid dienone is 1. The first-order chi connectivity index (χ1) is 12.9. The van der Waals surface area contributed by atoms with Gasteiger partial charge in [0.25, 0.3) is 0 Å². The van der Waals surface area contributed by atoms with Crippen LogP contribution in [0.2, 0.25) is 0 Å². The molecule has 2 aromatic heterocycles. The molecule has 7 nitrogen and oxygen atoms in total. The molecular weight excluding hydrogens is 386 g/mol. The molecule has 27 heavy (non-hydrogen) atoms. The van der Waals surface area contributed by atoms with Crippen LogP contribution in [0, 0.1) is 25.2 Å². The lowest BCUT2D eigenvalue weighted by Crippen LogP contribution is -2.09. The van der Waals surface area contributed by atoms with E-state index in [2.05, 4.69) is 16.4 Å². The third-order valence-corrected chi connectivity index (χ3v) is 5.60. The minimum atomic E-state index is -0.540. The van der Waals surface area contributed by atoms with E-state index < -0.39 is 11.9 Å². The highest BCUT2D eigenvalue weighted by Crippen LogP contribution is 2.35. The van der Waals surface area contributed by atoms with Crippen LogP contribution in [0.15, 0.2) is 11.6 Å². The van der Waals surface area contributed by atoms with Gasteiger partial charge in [0.05, 0.1) is 18.8 Å². The Morgan fingerprint density at radius 1 is 1.26 bits per heavy atom. The number of ether oxygens (including phenoxy) is 2. The molecule has 0 radical (unpaired) electrons. The Hall–Kier alpha value is -2.70. The average Bonchev–Trinajstić information content (AvgIpc) is 3.19. The van der Waals surface area contributed by atoms with Crippen LogP contribution in [0.1, 0.15) is 50.1 Å². The number of aryl methyl sites for hydroxylation is 1. The molecule has 9 heteroatoms. The summed E-state index contributed by atoms with van der Waals surface area (Å²) in [5.74, 6) is -1.04. The predicted octanol–water partition coefficient (Wildman–Crippen LogP) is 4.15. The highest BCUT2D eigenvalue weighted by atomic mass is 32.1. The van der Waals surface area contributed by atoms with Gasteiger partial charge < -0.3 is 14.8 Å². The maximum absolute atomic E-state index is 12.4. The molecule has 0 aromatic carbocycles. The number of anilines is 1. The fourth-order valence-electron chi connectivity index (χ4n) is 2.21. The lowest BCUT2D eigenvalue weighted by Gasteiger charge is -2.05. The minimum absolute atomic E-state index is 0.208. The summed E-state index contributed by atoms with van der Waals surface area (Å²) in [4.78, 5) is 29.1. The number of carbonyl (C=O) groups is 2. The molecule has 0 amide bonds. The number of carbonyl (C=O) groups excluding carboxylic acids is 2. The number of nitriles is 1. The van der Waals surface area contributed by atoms with Gasteiger partial charge in [-0.05, 0) is 33.3 Å². The van der Waals surface area contributed by atoms with Crippen LogP contribution in [0.5, 0.6) is 0 Å². The van der Waals surface area contributed by atoms with Gasteiger partial charge in [0, 0.05) is 17.3 Å². The van der Waals surface area contributed by atoms with Gasteiger partial charge in [-0.25, -0.2) is 14.6 Å². The van der Waals surface area contributed by atoms with Crippen molar-refractivity contribution in [2.75, 3.05) is 18.5 Å². The van der Waals surface area contributed by atoms with Crippen molar-refractivity contribution in [2.24, 2.45) is 0 Å². The molecule has 1 N–H and O–H groups in total. The van der Waals surface area contributed by atoms with Crippen LogP contribution in [-0.2, 0) is 9.47 Å². The number of aromatic nitrogens is 1. The number of rotatable bonds is 7. The second-order valence-electron chi connectivity index (χ2n) is 5.31. The van der Waals surface area contributed by atoms with Gasteiger partial charge in [0.2, 0.25) is 0 Å². The normalized spacial score (nSPS) is 11.0. The summed E-state index contributed by atoms with van der Waals surface area (Å²) in [6, 6.07) is 2.08. The van der Waals surface area contributed by atoms with E-state index in [4.69, 9.17) is 9.47 Å². The van der Waals surface area contributed by atoms with Crippen molar-refractivity contribution in [1.29, 1.82) is 5.26 Å². The van der Waals surface area contributed by atoms with Gasteiger partial charge in [-0.3, -0.25) is 0 Å². The molecule has 0 saturated heterocycles. The number of esters is 2. The standard InChI is InChI=1S/C18H19N3O4S2/c1-5-24-17(22)13-11(4)14(18(23)25-6-2)27-16(13)20-8-12(7-19)15-21-10(3)9-26-15/h8-9,20H,5-6H2,1-4H3/b12-8+. The molecule has 0 spiro atoms. The van der Waals surface area contributed by atoms with Crippen molar-refractivity contribution in [3.63, 3.8) is 0 Å². The molecule has 0 atom stereocenters. The van der Waals surface area contributed by atoms with Crippen molar-refractivity contribution >= 4 is 45.2 Å². The van der Waals surface area contributed by atoms with Crippen molar-refractivity contribution in [1.82, 2.24) is 4.98 Å². The first-order valence-corrected chi connectivity index (χ1v) is 9.89. The molecule has 0 aliphatic rings. The fourth-order valence-corrected chi connectivity index (χ4v) is 4.03. The van der Waals surface area contributed by atoms with E-state index in [0.29, 0.717) is 26.0 Å². The molecule has 0 aliphatic carbocycles. The van der Waals surface area contributed by atoms with Crippen molar-refractivity contribution < 1.29 is 19.1 Å². The minimum Gasteiger partial charge on any atom is -0.462 e. The summed E-state index contributed by atoms with van der Waals surface area (Å²) in [5.41, 5.74) is 1.89. The highest BCUT2D eigenvalue weighted by Gasteiger charge is 2.26. The molecule has 142 valence electrons. The summed E-state index contributed by atoms with van der Waals surface area (Å²) in [6.45, 7) is 7.37. The Kier molecular flexibility index (Phi) is 7.10. The van der Waals surface area contributed by atoms with E-state index in [0.717, 1.165) is 17.0 Å². The van der Waals surface area contributed by atoms with Crippen molar-refractivity contribution in [3.05, 3.63) is 38.3 Å². The molecule has 0 aliphatic heterocycles. The molecule has 0 fully saturated rings. The van der Waals surface area contributed by atoms with E-state index in [-0.39, 0.29) is 18.8 Å². The maximum atomic E-state index is 12.4. The zero-order chi connectivity index (χ0) is 20.0. The first kappa shape index (κ1) is 20.6. The van der Waals surface area contributed by atoms with Gasteiger partial charge in [0.15, 0.2) is 0 Å². The third kappa shape index (κ3) is 4.72. The summed E-state index contributed by atoms with van der Waals surface area (Å²) in [7, 11) is 0. The molecule has 0 saturated carbocycles. The monoisotopic (exact) mass is 405 g/mol. The molecule has 0 bridgehead atoms. The average molecular weight is 406 g/mol. The lowest BCUT2D eigenvalue weighted by molar-refractivity contribution is 0.0527. The lowest BCUT2D eigenvalue weighted by atomic mass is 10.1. The summed E-state index contributed by atoms with van der Waals surface area (Å²) in [6.07, 6.45) is 1.47. The number of nitrogens with zero attached hydrogens (tertiary/aromatic N) is 2.